The van der Waals surface area contributed by atoms with Gasteiger partial charge in [0, 0.05) is 25.9 Å². The number of likely N-dealkylation sites (N-methyl/N-ethyl adjacent to an activating group) is 1. The Kier molecular flexibility index (Phi) is 5.99. The summed E-state index contributed by atoms with van der Waals surface area (Å²) < 4.78 is 0. The molecule has 1 aromatic carbocycles. The lowest BCUT2D eigenvalue weighted by Crippen LogP contribution is -2.48. The molecule has 1 aromatic rings. The van der Waals surface area contributed by atoms with Crippen LogP contribution in [-0.4, -0.2) is 55.3 Å². The van der Waals surface area contributed by atoms with E-state index in [-0.39, 0.29) is 35.7 Å². The first-order chi connectivity index (χ1) is 11.3. The monoisotopic (exact) mass is 331 g/mol. The van der Waals surface area contributed by atoms with Crippen LogP contribution >= 0.6 is 0 Å². The standard InChI is InChI=1S/C19H29N3O2/c1-13(2)17(21(3)4)19(24)20-12-15-11-16(23)22(5)18(15)14-9-7-6-8-10-14/h6-10,13,15,17-18H,11-12H2,1-5H3,(H,20,24)/t15?,17-,18?/m1/s1. The van der Waals surface area contributed by atoms with Crippen LogP contribution < -0.4 is 5.32 Å². The van der Waals surface area contributed by atoms with Crippen molar-refractivity contribution in [3.05, 3.63) is 35.9 Å². The Morgan fingerprint density at radius 3 is 2.46 bits per heavy atom. The molecule has 0 saturated carbocycles. The number of carbonyl (C=O) groups is 2. The van der Waals surface area contributed by atoms with E-state index >= 15 is 0 Å². The quantitative estimate of drug-likeness (QED) is 0.866. The van der Waals surface area contributed by atoms with Gasteiger partial charge in [0.1, 0.15) is 0 Å². The predicted molar refractivity (Wildman–Crippen MR) is 95.4 cm³/mol. The van der Waals surface area contributed by atoms with Crippen molar-refractivity contribution in [2.24, 2.45) is 11.8 Å². The van der Waals surface area contributed by atoms with E-state index in [2.05, 4.69) is 5.32 Å². The summed E-state index contributed by atoms with van der Waals surface area (Å²) in [6.45, 7) is 4.61. The van der Waals surface area contributed by atoms with E-state index in [9.17, 15) is 9.59 Å². The topological polar surface area (TPSA) is 52.7 Å². The average Bonchev–Trinajstić information content (AvgIpc) is 2.80. The zero-order valence-electron chi connectivity index (χ0n) is 15.3. The first-order valence-electron chi connectivity index (χ1n) is 8.57. The van der Waals surface area contributed by atoms with Crippen molar-refractivity contribution in [2.75, 3.05) is 27.7 Å². The van der Waals surface area contributed by atoms with Gasteiger partial charge in [-0.25, -0.2) is 0 Å². The highest BCUT2D eigenvalue weighted by atomic mass is 16.2. The number of amides is 2. The summed E-state index contributed by atoms with van der Waals surface area (Å²) in [6, 6.07) is 9.91. The lowest BCUT2D eigenvalue weighted by molar-refractivity contribution is -0.128. The Bertz CT molecular complexity index is 563. The van der Waals surface area contributed by atoms with Crippen molar-refractivity contribution in [1.82, 2.24) is 15.1 Å². The third kappa shape index (κ3) is 3.96. The fraction of sp³-hybridized carbons (Fsp3) is 0.579. The molecule has 3 atom stereocenters. The van der Waals surface area contributed by atoms with Gasteiger partial charge in [-0.1, -0.05) is 44.2 Å². The van der Waals surface area contributed by atoms with E-state index in [1.54, 1.807) is 4.90 Å². The van der Waals surface area contributed by atoms with Gasteiger partial charge in [-0.15, -0.1) is 0 Å². The van der Waals surface area contributed by atoms with Gasteiger partial charge in [-0.05, 0) is 25.6 Å². The van der Waals surface area contributed by atoms with Crippen molar-refractivity contribution in [3.63, 3.8) is 0 Å². The van der Waals surface area contributed by atoms with Crippen molar-refractivity contribution in [3.8, 4) is 0 Å². The van der Waals surface area contributed by atoms with Gasteiger partial charge in [-0.3, -0.25) is 14.5 Å². The number of nitrogens with one attached hydrogen (secondary N) is 1. The summed E-state index contributed by atoms with van der Waals surface area (Å²) in [5, 5.41) is 3.07. The highest BCUT2D eigenvalue weighted by Gasteiger charge is 2.38. The van der Waals surface area contributed by atoms with Crippen molar-refractivity contribution in [2.45, 2.75) is 32.4 Å². The number of likely N-dealkylation sites (tertiary alicyclic amines) is 1. The number of rotatable bonds is 6. The van der Waals surface area contributed by atoms with Crippen molar-refractivity contribution >= 4 is 11.8 Å². The van der Waals surface area contributed by atoms with Crippen molar-refractivity contribution < 1.29 is 9.59 Å². The third-order valence-electron chi connectivity index (χ3n) is 4.83. The van der Waals surface area contributed by atoms with Crippen LogP contribution in [0.2, 0.25) is 0 Å². The molecule has 0 aliphatic carbocycles. The van der Waals surface area contributed by atoms with Crippen LogP contribution in [0.25, 0.3) is 0 Å². The molecular formula is C19H29N3O2. The maximum absolute atomic E-state index is 12.5. The lowest BCUT2D eigenvalue weighted by Gasteiger charge is -2.29. The van der Waals surface area contributed by atoms with E-state index in [0.29, 0.717) is 13.0 Å². The molecule has 2 rings (SSSR count). The lowest BCUT2D eigenvalue weighted by atomic mass is 9.93. The zero-order chi connectivity index (χ0) is 17.9. The fourth-order valence-corrected chi connectivity index (χ4v) is 3.75. The Balaban J connectivity index is 2.07. The normalized spacial score (nSPS) is 22.3. The first-order valence-corrected chi connectivity index (χ1v) is 8.57. The van der Waals surface area contributed by atoms with Gasteiger partial charge in [0.2, 0.25) is 11.8 Å². The SMILES string of the molecule is CC(C)[C@H](C(=O)NCC1CC(=O)N(C)C1c1ccccc1)N(C)C. The Hall–Kier alpha value is -1.88. The van der Waals surface area contributed by atoms with Crippen LogP contribution in [-0.2, 0) is 9.59 Å². The number of hydrogen-bond acceptors (Lipinski definition) is 3. The molecule has 1 aliphatic rings. The maximum atomic E-state index is 12.5. The predicted octanol–water partition coefficient (Wildman–Crippen LogP) is 1.91. The molecule has 132 valence electrons. The van der Waals surface area contributed by atoms with Gasteiger partial charge in [0.05, 0.1) is 12.1 Å². The summed E-state index contributed by atoms with van der Waals surface area (Å²) in [5.41, 5.74) is 1.12. The molecule has 2 unspecified atom stereocenters. The summed E-state index contributed by atoms with van der Waals surface area (Å²) in [5.74, 6) is 0.501. The molecule has 1 aliphatic heterocycles. The van der Waals surface area contributed by atoms with E-state index in [0.717, 1.165) is 5.56 Å². The molecule has 5 nitrogen and oxygen atoms in total. The van der Waals surface area contributed by atoms with Gasteiger partial charge >= 0.3 is 0 Å². The van der Waals surface area contributed by atoms with Gasteiger partial charge in [0.15, 0.2) is 0 Å². The van der Waals surface area contributed by atoms with Crippen LogP contribution in [0.1, 0.15) is 31.9 Å². The molecule has 0 aromatic heterocycles. The summed E-state index contributed by atoms with van der Waals surface area (Å²) in [7, 11) is 5.69. The molecule has 0 radical (unpaired) electrons. The molecule has 1 saturated heterocycles. The summed E-state index contributed by atoms with van der Waals surface area (Å²) >= 11 is 0. The van der Waals surface area contributed by atoms with Gasteiger partial charge < -0.3 is 10.2 Å². The minimum atomic E-state index is -0.157. The van der Waals surface area contributed by atoms with E-state index in [4.69, 9.17) is 0 Å². The van der Waals surface area contributed by atoms with Crippen molar-refractivity contribution in [1.29, 1.82) is 0 Å². The highest BCUT2D eigenvalue weighted by Crippen LogP contribution is 2.36. The number of nitrogens with zero attached hydrogens (tertiary/aromatic N) is 2. The number of carbonyl (C=O) groups excluding carboxylic acids is 2. The Morgan fingerprint density at radius 1 is 1.29 bits per heavy atom. The van der Waals surface area contributed by atoms with Gasteiger partial charge in [0.25, 0.3) is 0 Å². The molecule has 0 spiro atoms. The fourth-order valence-electron chi connectivity index (χ4n) is 3.75. The molecule has 1 N–H and O–H groups in total. The summed E-state index contributed by atoms with van der Waals surface area (Å²) in [4.78, 5) is 28.5. The number of benzene rings is 1. The second kappa shape index (κ2) is 7.79. The van der Waals surface area contributed by atoms with E-state index in [1.807, 2.05) is 70.2 Å². The molecule has 1 fully saturated rings. The minimum Gasteiger partial charge on any atom is -0.354 e. The molecule has 0 bridgehead atoms. The highest BCUT2D eigenvalue weighted by molar-refractivity contribution is 5.82. The minimum absolute atomic E-state index is 0.0239. The summed E-state index contributed by atoms with van der Waals surface area (Å²) in [6.07, 6.45) is 0.477. The molecule has 2 amide bonds. The second-order valence-corrected chi connectivity index (χ2v) is 7.22. The molecule has 1 heterocycles. The average molecular weight is 331 g/mol. The molecule has 5 heteroatoms. The second-order valence-electron chi connectivity index (χ2n) is 7.22. The van der Waals surface area contributed by atoms with Crippen LogP contribution in [0.3, 0.4) is 0 Å². The number of hydrogen-bond donors (Lipinski definition) is 1. The van der Waals surface area contributed by atoms with Crippen LogP contribution in [0.5, 0.6) is 0 Å². The van der Waals surface area contributed by atoms with E-state index < -0.39 is 0 Å². The van der Waals surface area contributed by atoms with Gasteiger partial charge in [-0.2, -0.15) is 0 Å². The Labute approximate surface area is 145 Å². The zero-order valence-corrected chi connectivity index (χ0v) is 15.3. The maximum Gasteiger partial charge on any atom is 0.237 e. The smallest absolute Gasteiger partial charge is 0.237 e. The van der Waals surface area contributed by atoms with Crippen LogP contribution in [0.4, 0.5) is 0 Å². The largest absolute Gasteiger partial charge is 0.354 e. The molecule has 24 heavy (non-hydrogen) atoms. The third-order valence-corrected chi connectivity index (χ3v) is 4.83. The van der Waals surface area contributed by atoms with Crippen LogP contribution in [0.15, 0.2) is 30.3 Å². The van der Waals surface area contributed by atoms with Crippen LogP contribution in [0, 0.1) is 11.8 Å². The molecular weight excluding hydrogens is 302 g/mol. The first kappa shape index (κ1) is 18.5. The Morgan fingerprint density at radius 2 is 1.92 bits per heavy atom. The van der Waals surface area contributed by atoms with E-state index in [1.165, 1.54) is 0 Å².